The number of nitrogen functional groups attached to an aromatic ring is 1. The number of phenolic OH excluding ortho intramolecular Hbond substituents is 1. The Morgan fingerprint density at radius 3 is 2.64 bits per heavy atom. The fourth-order valence-corrected chi connectivity index (χ4v) is 1.15. The molecule has 1 aromatic carbocycles. The first-order chi connectivity index (χ1) is 5.15. The smallest absolute Gasteiger partial charge is 0.141 e. The fraction of sp³-hybridized carbons (Fsp3) is 0.333. The van der Waals surface area contributed by atoms with E-state index >= 15 is 0 Å². The molecule has 0 aromatic heterocycles. The van der Waals surface area contributed by atoms with Crippen molar-refractivity contribution >= 4 is 5.69 Å². The van der Waals surface area contributed by atoms with Gasteiger partial charge in [0.25, 0.3) is 0 Å². The maximum Gasteiger partial charge on any atom is 0.141 e. The van der Waals surface area contributed by atoms with Gasteiger partial charge in [-0.05, 0) is 30.5 Å². The Kier molecular flexibility index (Phi) is 2.03. The van der Waals surface area contributed by atoms with Gasteiger partial charge in [0.1, 0.15) is 5.75 Å². The topological polar surface area (TPSA) is 46.2 Å². The number of anilines is 1. The predicted molar refractivity (Wildman–Crippen MR) is 46.6 cm³/mol. The highest BCUT2D eigenvalue weighted by Gasteiger charge is 2.02. The number of rotatable bonds is 1. The second-order valence-corrected chi connectivity index (χ2v) is 2.72. The first-order valence-corrected chi connectivity index (χ1v) is 3.73. The van der Waals surface area contributed by atoms with E-state index in [9.17, 15) is 5.11 Å². The summed E-state index contributed by atoms with van der Waals surface area (Å²) < 4.78 is 0. The molecular formula is C9H13NO. The summed E-state index contributed by atoms with van der Waals surface area (Å²) in [4.78, 5) is 0. The average molecular weight is 151 g/mol. The second kappa shape index (κ2) is 2.82. The molecule has 0 aliphatic heterocycles. The van der Waals surface area contributed by atoms with Crippen LogP contribution in [0, 0.1) is 6.92 Å². The second-order valence-electron chi connectivity index (χ2n) is 2.72. The van der Waals surface area contributed by atoms with Gasteiger partial charge in [-0.15, -0.1) is 0 Å². The summed E-state index contributed by atoms with van der Waals surface area (Å²) in [7, 11) is 0. The third-order valence-electron chi connectivity index (χ3n) is 1.74. The zero-order valence-electron chi connectivity index (χ0n) is 6.89. The van der Waals surface area contributed by atoms with Gasteiger partial charge >= 0.3 is 0 Å². The summed E-state index contributed by atoms with van der Waals surface area (Å²) in [6, 6.07) is 3.72. The Labute approximate surface area is 66.7 Å². The highest BCUT2D eigenvalue weighted by Crippen LogP contribution is 2.26. The minimum Gasteiger partial charge on any atom is -0.506 e. The van der Waals surface area contributed by atoms with Crippen LogP contribution < -0.4 is 5.73 Å². The van der Waals surface area contributed by atoms with Gasteiger partial charge in [-0.3, -0.25) is 0 Å². The fourth-order valence-electron chi connectivity index (χ4n) is 1.15. The lowest BCUT2D eigenvalue weighted by atomic mass is 10.1. The van der Waals surface area contributed by atoms with Crippen LogP contribution in [-0.2, 0) is 6.42 Å². The van der Waals surface area contributed by atoms with Crippen LogP contribution >= 0.6 is 0 Å². The summed E-state index contributed by atoms with van der Waals surface area (Å²) in [5.41, 5.74) is 8.03. The van der Waals surface area contributed by atoms with E-state index in [2.05, 4.69) is 0 Å². The lowest BCUT2D eigenvalue weighted by Gasteiger charge is -2.05. The molecule has 2 heteroatoms. The summed E-state index contributed by atoms with van der Waals surface area (Å²) in [6.45, 7) is 3.96. The molecule has 0 aliphatic carbocycles. The molecule has 0 heterocycles. The van der Waals surface area contributed by atoms with Crippen molar-refractivity contribution in [1.29, 1.82) is 0 Å². The molecule has 1 aromatic rings. The van der Waals surface area contributed by atoms with E-state index in [0.29, 0.717) is 5.69 Å². The Bertz CT molecular complexity index is 269. The normalized spacial score (nSPS) is 10.0. The Morgan fingerprint density at radius 2 is 2.09 bits per heavy atom. The highest BCUT2D eigenvalue weighted by atomic mass is 16.3. The molecule has 0 bridgehead atoms. The van der Waals surface area contributed by atoms with E-state index in [-0.39, 0.29) is 5.75 Å². The number of hydrogen-bond acceptors (Lipinski definition) is 2. The zero-order valence-corrected chi connectivity index (χ0v) is 6.89. The van der Waals surface area contributed by atoms with Crippen molar-refractivity contribution < 1.29 is 5.11 Å². The maximum atomic E-state index is 9.40. The van der Waals surface area contributed by atoms with Crippen LogP contribution in [0.2, 0.25) is 0 Å². The van der Waals surface area contributed by atoms with Gasteiger partial charge in [-0.1, -0.05) is 13.0 Å². The number of benzene rings is 1. The quantitative estimate of drug-likeness (QED) is 0.475. The molecule has 60 valence electrons. The van der Waals surface area contributed by atoms with Gasteiger partial charge in [0.15, 0.2) is 0 Å². The van der Waals surface area contributed by atoms with E-state index in [0.717, 1.165) is 17.5 Å². The number of nitrogens with two attached hydrogens (primary N) is 1. The molecule has 0 saturated carbocycles. The SMILES string of the molecule is CCc1cc(C)cc(N)c1O. The van der Waals surface area contributed by atoms with Crippen LogP contribution in [0.4, 0.5) is 5.69 Å². The van der Waals surface area contributed by atoms with Gasteiger partial charge in [-0.2, -0.15) is 0 Å². The van der Waals surface area contributed by atoms with E-state index in [4.69, 9.17) is 5.73 Å². The van der Waals surface area contributed by atoms with Crippen molar-refractivity contribution in [3.8, 4) is 5.75 Å². The van der Waals surface area contributed by atoms with Crippen molar-refractivity contribution in [1.82, 2.24) is 0 Å². The van der Waals surface area contributed by atoms with E-state index in [1.807, 2.05) is 19.9 Å². The number of aromatic hydroxyl groups is 1. The number of hydrogen-bond donors (Lipinski definition) is 2. The number of aryl methyl sites for hydroxylation is 2. The first-order valence-electron chi connectivity index (χ1n) is 3.73. The van der Waals surface area contributed by atoms with Crippen molar-refractivity contribution in [3.05, 3.63) is 23.3 Å². The van der Waals surface area contributed by atoms with Crippen molar-refractivity contribution in [2.45, 2.75) is 20.3 Å². The zero-order chi connectivity index (χ0) is 8.43. The van der Waals surface area contributed by atoms with Crippen molar-refractivity contribution in [3.63, 3.8) is 0 Å². The average Bonchev–Trinajstić information content (AvgIpc) is 1.96. The van der Waals surface area contributed by atoms with Crippen LogP contribution in [0.25, 0.3) is 0 Å². The van der Waals surface area contributed by atoms with Gasteiger partial charge < -0.3 is 10.8 Å². The molecule has 0 unspecified atom stereocenters. The molecule has 2 nitrogen and oxygen atoms in total. The largest absolute Gasteiger partial charge is 0.506 e. The highest BCUT2D eigenvalue weighted by molar-refractivity contribution is 5.57. The molecule has 3 N–H and O–H groups in total. The van der Waals surface area contributed by atoms with Crippen LogP contribution in [-0.4, -0.2) is 5.11 Å². The molecule has 0 amide bonds. The molecule has 1 rings (SSSR count). The molecule has 0 aliphatic rings. The van der Waals surface area contributed by atoms with Gasteiger partial charge in [0.05, 0.1) is 5.69 Å². The Hall–Kier alpha value is -1.18. The van der Waals surface area contributed by atoms with Crippen LogP contribution in [0.1, 0.15) is 18.1 Å². The van der Waals surface area contributed by atoms with Gasteiger partial charge in [0.2, 0.25) is 0 Å². The van der Waals surface area contributed by atoms with E-state index in [1.165, 1.54) is 0 Å². The van der Waals surface area contributed by atoms with Crippen molar-refractivity contribution in [2.24, 2.45) is 0 Å². The predicted octanol–water partition coefficient (Wildman–Crippen LogP) is 1.85. The third kappa shape index (κ3) is 1.45. The standard InChI is InChI=1S/C9H13NO/c1-3-7-4-6(2)5-8(10)9(7)11/h4-5,11H,3,10H2,1-2H3. The summed E-state index contributed by atoms with van der Waals surface area (Å²) in [5, 5.41) is 9.40. The van der Waals surface area contributed by atoms with Crippen LogP contribution in [0.15, 0.2) is 12.1 Å². The van der Waals surface area contributed by atoms with Crippen molar-refractivity contribution in [2.75, 3.05) is 5.73 Å². The maximum absolute atomic E-state index is 9.40. The summed E-state index contributed by atoms with van der Waals surface area (Å²) in [6.07, 6.45) is 0.817. The number of phenols is 1. The molecule has 11 heavy (non-hydrogen) atoms. The van der Waals surface area contributed by atoms with Crippen LogP contribution in [0.5, 0.6) is 5.75 Å². The molecule has 0 atom stereocenters. The minimum absolute atomic E-state index is 0.234. The molecule has 0 radical (unpaired) electrons. The Morgan fingerprint density at radius 1 is 1.45 bits per heavy atom. The summed E-state index contributed by atoms with van der Waals surface area (Å²) >= 11 is 0. The molecule has 0 fully saturated rings. The van der Waals surface area contributed by atoms with Gasteiger partial charge in [0, 0.05) is 0 Å². The van der Waals surface area contributed by atoms with E-state index in [1.54, 1.807) is 6.07 Å². The lowest BCUT2D eigenvalue weighted by molar-refractivity contribution is 0.471. The monoisotopic (exact) mass is 151 g/mol. The molecule has 0 saturated heterocycles. The third-order valence-corrected chi connectivity index (χ3v) is 1.74. The van der Waals surface area contributed by atoms with Crippen LogP contribution in [0.3, 0.4) is 0 Å². The van der Waals surface area contributed by atoms with E-state index < -0.39 is 0 Å². The molecular weight excluding hydrogens is 138 g/mol. The molecule has 0 spiro atoms. The van der Waals surface area contributed by atoms with Gasteiger partial charge in [-0.25, -0.2) is 0 Å². The Balaban J connectivity index is 3.24. The lowest BCUT2D eigenvalue weighted by Crippen LogP contribution is -1.91. The minimum atomic E-state index is 0.234. The summed E-state index contributed by atoms with van der Waals surface area (Å²) in [5.74, 6) is 0.234. The first kappa shape index (κ1) is 7.92.